The fourth-order valence-electron chi connectivity index (χ4n) is 3.80. The second-order valence-corrected chi connectivity index (χ2v) is 9.37. The summed E-state index contributed by atoms with van der Waals surface area (Å²) >= 11 is 0. The Balaban J connectivity index is 1.75. The number of ether oxygens (including phenoxy) is 3. The van der Waals surface area contributed by atoms with Gasteiger partial charge in [-0.15, -0.1) is 0 Å². The number of sulfone groups is 1. The quantitative estimate of drug-likeness (QED) is 0.805. The number of carbonyl (C=O) groups is 1. The number of rotatable bonds is 4. The SMILES string of the molecule is CC1CN(C(=O)OCc2ccccc2)CC(C(N)S(C)(=O)=O)C12OCCO2. The van der Waals surface area contributed by atoms with Crippen molar-refractivity contribution in [3.8, 4) is 0 Å². The molecule has 2 fully saturated rings. The third-order valence-electron chi connectivity index (χ3n) is 5.21. The lowest BCUT2D eigenvalue weighted by molar-refractivity contribution is -0.247. The predicted octanol–water partition coefficient (Wildman–Crippen LogP) is 0.964. The van der Waals surface area contributed by atoms with Crippen molar-refractivity contribution in [3.05, 3.63) is 35.9 Å². The molecule has 3 atom stereocenters. The summed E-state index contributed by atoms with van der Waals surface area (Å²) in [5, 5.41) is -1.21. The van der Waals surface area contributed by atoms with E-state index in [9.17, 15) is 13.2 Å². The Morgan fingerprint density at radius 2 is 1.93 bits per heavy atom. The van der Waals surface area contributed by atoms with Gasteiger partial charge in [-0.2, -0.15) is 0 Å². The van der Waals surface area contributed by atoms with Gasteiger partial charge in [-0.25, -0.2) is 13.2 Å². The first-order valence-electron chi connectivity index (χ1n) is 8.92. The molecular weight excluding hydrogens is 372 g/mol. The smallest absolute Gasteiger partial charge is 0.410 e. The number of hydrogen-bond acceptors (Lipinski definition) is 7. The highest BCUT2D eigenvalue weighted by molar-refractivity contribution is 7.91. The van der Waals surface area contributed by atoms with Crippen molar-refractivity contribution < 1.29 is 27.4 Å². The van der Waals surface area contributed by atoms with Gasteiger partial charge in [-0.3, -0.25) is 0 Å². The molecule has 0 bridgehead atoms. The summed E-state index contributed by atoms with van der Waals surface area (Å²) in [5.74, 6) is -2.06. The first kappa shape index (κ1) is 20.1. The number of amides is 1. The van der Waals surface area contributed by atoms with Crippen LogP contribution in [-0.4, -0.2) is 63.1 Å². The van der Waals surface area contributed by atoms with Crippen LogP contribution < -0.4 is 5.73 Å². The Hall–Kier alpha value is -1.68. The number of piperidine rings is 1. The van der Waals surface area contributed by atoms with Crippen molar-refractivity contribution >= 4 is 15.9 Å². The van der Waals surface area contributed by atoms with Crippen molar-refractivity contribution in [3.63, 3.8) is 0 Å². The van der Waals surface area contributed by atoms with Crippen LogP contribution in [0.2, 0.25) is 0 Å². The van der Waals surface area contributed by atoms with Crippen LogP contribution in [0.25, 0.3) is 0 Å². The van der Waals surface area contributed by atoms with Gasteiger partial charge in [0.15, 0.2) is 15.6 Å². The Morgan fingerprint density at radius 1 is 1.30 bits per heavy atom. The first-order chi connectivity index (χ1) is 12.7. The molecule has 2 aliphatic heterocycles. The molecule has 0 radical (unpaired) electrons. The highest BCUT2D eigenvalue weighted by atomic mass is 32.2. The third kappa shape index (κ3) is 4.11. The summed E-state index contributed by atoms with van der Waals surface area (Å²) < 4.78 is 41.3. The van der Waals surface area contributed by atoms with E-state index in [1.165, 1.54) is 4.90 Å². The lowest BCUT2D eigenvalue weighted by Crippen LogP contribution is -2.64. The van der Waals surface area contributed by atoms with Crippen molar-refractivity contribution in [2.24, 2.45) is 17.6 Å². The van der Waals surface area contributed by atoms with E-state index in [2.05, 4.69) is 0 Å². The molecule has 9 heteroatoms. The summed E-state index contributed by atoms with van der Waals surface area (Å²) in [6.07, 6.45) is 0.571. The zero-order valence-corrected chi connectivity index (χ0v) is 16.4. The van der Waals surface area contributed by atoms with Gasteiger partial charge >= 0.3 is 6.09 Å². The Bertz CT molecular complexity index is 763. The van der Waals surface area contributed by atoms with Gasteiger partial charge in [0.05, 0.1) is 19.1 Å². The number of nitrogens with zero attached hydrogens (tertiary/aromatic N) is 1. The van der Waals surface area contributed by atoms with Crippen LogP contribution in [0.5, 0.6) is 0 Å². The second-order valence-electron chi connectivity index (χ2n) is 7.17. The number of carbonyl (C=O) groups excluding carboxylic acids is 1. The molecule has 0 aliphatic carbocycles. The molecule has 1 aromatic rings. The molecule has 3 rings (SSSR count). The molecular formula is C18H26N2O6S. The van der Waals surface area contributed by atoms with Crippen LogP contribution in [0.3, 0.4) is 0 Å². The van der Waals surface area contributed by atoms with Crippen molar-refractivity contribution in [2.75, 3.05) is 32.6 Å². The van der Waals surface area contributed by atoms with E-state index in [4.69, 9.17) is 19.9 Å². The standard InChI is InChI=1S/C18H26N2O6S/c1-13-10-20(17(21)24-12-14-6-4-3-5-7-14)11-15(16(19)27(2,22)23)18(13)25-8-9-26-18/h3-7,13,15-16H,8-12,19H2,1-2H3. The minimum Gasteiger partial charge on any atom is -0.445 e. The largest absolute Gasteiger partial charge is 0.445 e. The Labute approximate surface area is 159 Å². The van der Waals surface area contributed by atoms with Crippen LogP contribution in [-0.2, 0) is 30.7 Å². The first-order valence-corrected chi connectivity index (χ1v) is 10.9. The fourth-order valence-corrected chi connectivity index (χ4v) is 4.67. The third-order valence-corrected chi connectivity index (χ3v) is 6.53. The van der Waals surface area contributed by atoms with E-state index in [0.29, 0.717) is 19.8 Å². The average molecular weight is 398 g/mol. The molecule has 3 unspecified atom stereocenters. The van der Waals surface area contributed by atoms with E-state index < -0.39 is 33.0 Å². The topological polar surface area (TPSA) is 108 Å². The molecule has 0 aromatic heterocycles. The summed E-state index contributed by atoms with van der Waals surface area (Å²) in [7, 11) is -3.55. The van der Waals surface area contributed by atoms with Gasteiger partial charge in [0.2, 0.25) is 0 Å². The Kier molecular flexibility index (Phi) is 5.76. The predicted molar refractivity (Wildman–Crippen MR) is 98.3 cm³/mol. The molecule has 1 spiro atoms. The van der Waals surface area contributed by atoms with Gasteiger partial charge < -0.3 is 24.8 Å². The van der Waals surface area contributed by atoms with E-state index in [-0.39, 0.29) is 19.1 Å². The number of hydrogen-bond donors (Lipinski definition) is 1. The molecule has 2 saturated heterocycles. The molecule has 150 valence electrons. The summed E-state index contributed by atoms with van der Waals surface area (Å²) in [5.41, 5.74) is 6.92. The van der Waals surface area contributed by atoms with Crippen LogP contribution in [0.15, 0.2) is 30.3 Å². The monoisotopic (exact) mass is 398 g/mol. The van der Waals surface area contributed by atoms with Crippen molar-refractivity contribution in [2.45, 2.75) is 24.7 Å². The molecule has 1 aromatic carbocycles. The van der Waals surface area contributed by atoms with E-state index in [1.807, 2.05) is 37.3 Å². The molecule has 27 heavy (non-hydrogen) atoms. The lowest BCUT2D eigenvalue weighted by Gasteiger charge is -2.49. The second kappa shape index (κ2) is 7.75. The zero-order valence-electron chi connectivity index (χ0n) is 15.5. The maximum absolute atomic E-state index is 12.6. The number of benzene rings is 1. The molecule has 2 aliphatic rings. The van der Waals surface area contributed by atoms with Crippen molar-refractivity contribution in [1.82, 2.24) is 4.90 Å². The summed E-state index contributed by atoms with van der Waals surface area (Å²) in [6.45, 7) is 3.17. The highest BCUT2D eigenvalue weighted by Gasteiger charge is 2.57. The van der Waals surface area contributed by atoms with Gasteiger partial charge in [0, 0.05) is 25.3 Å². The van der Waals surface area contributed by atoms with Gasteiger partial charge in [0.25, 0.3) is 0 Å². The van der Waals surface area contributed by atoms with Crippen LogP contribution in [0.1, 0.15) is 12.5 Å². The number of likely N-dealkylation sites (tertiary alicyclic amines) is 1. The summed E-state index contributed by atoms with van der Waals surface area (Å²) in [4.78, 5) is 14.1. The molecule has 2 heterocycles. The zero-order chi connectivity index (χ0) is 19.7. The van der Waals surface area contributed by atoms with Gasteiger partial charge in [0.1, 0.15) is 12.0 Å². The van der Waals surface area contributed by atoms with Crippen LogP contribution in [0, 0.1) is 11.8 Å². The van der Waals surface area contributed by atoms with Crippen LogP contribution >= 0.6 is 0 Å². The molecule has 1 amide bonds. The van der Waals surface area contributed by atoms with E-state index in [1.54, 1.807) is 0 Å². The lowest BCUT2D eigenvalue weighted by atomic mass is 9.83. The maximum Gasteiger partial charge on any atom is 0.410 e. The molecule has 0 saturated carbocycles. The number of nitrogens with two attached hydrogens (primary N) is 1. The van der Waals surface area contributed by atoms with E-state index in [0.717, 1.165) is 11.8 Å². The van der Waals surface area contributed by atoms with Crippen molar-refractivity contribution in [1.29, 1.82) is 0 Å². The molecule has 2 N–H and O–H groups in total. The normalized spacial score (nSPS) is 26.1. The highest BCUT2D eigenvalue weighted by Crippen LogP contribution is 2.42. The average Bonchev–Trinajstić information content (AvgIpc) is 3.12. The van der Waals surface area contributed by atoms with Gasteiger partial charge in [-0.05, 0) is 5.56 Å². The summed E-state index contributed by atoms with van der Waals surface area (Å²) in [6, 6.07) is 9.35. The minimum atomic E-state index is -3.55. The van der Waals surface area contributed by atoms with Gasteiger partial charge in [-0.1, -0.05) is 37.3 Å². The Morgan fingerprint density at radius 3 is 2.52 bits per heavy atom. The van der Waals surface area contributed by atoms with E-state index >= 15 is 0 Å². The maximum atomic E-state index is 12.6. The fraction of sp³-hybridized carbons (Fsp3) is 0.611. The molecule has 8 nitrogen and oxygen atoms in total. The van der Waals surface area contributed by atoms with Crippen LogP contribution in [0.4, 0.5) is 4.79 Å². The minimum absolute atomic E-state index is 0.0895.